The molecule has 0 aliphatic heterocycles. The number of rotatable bonds is 3. The van der Waals surface area contributed by atoms with Gasteiger partial charge in [-0.25, -0.2) is 0 Å². The summed E-state index contributed by atoms with van der Waals surface area (Å²) in [5, 5.41) is 3.01. The van der Waals surface area contributed by atoms with Gasteiger partial charge in [0.05, 0.1) is 0 Å². The van der Waals surface area contributed by atoms with E-state index in [0.717, 1.165) is 5.57 Å². The molecule has 1 nitrogen and oxygen atoms in total. The Hall–Kier alpha value is -0.720. The van der Waals surface area contributed by atoms with E-state index in [1.807, 2.05) is 13.8 Å². The quantitative estimate of drug-likeness (QED) is 0.546. The predicted molar refractivity (Wildman–Crippen MR) is 37.6 cm³/mol. The molecule has 0 aromatic rings. The average Bonchev–Trinajstić information content (AvgIpc) is 1.67. The molecular formula is C7H13N. The Morgan fingerprint density at radius 2 is 2.25 bits per heavy atom. The van der Waals surface area contributed by atoms with E-state index in [1.54, 1.807) is 6.20 Å². The third kappa shape index (κ3) is 2.45. The SMILES string of the molecule is C=CNC(C)C(=C)C. The minimum atomic E-state index is 0.354. The van der Waals surface area contributed by atoms with Crippen LogP contribution in [0.25, 0.3) is 0 Å². The molecule has 0 aromatic carbocycles. The van der Waals surface area contributed by atoms with Crippen molar-refractivity contribution in [1.82, 2.24) is 5.32 Å². The van der Waals surface area contributed by atoms with Gasteiger partial charge in [-0.3, -0.25) is 0 Å². The lowest BCUT2D eigenvalue weighted by Crippen LogP contribution is -2.20. The summed E-state index contributed by atoms with van der Waals surface area (Å²) in [4.78, 5) is 0. The molecule has 0 rings (SSSR count). The van der Waals surface area contributed by atoms with Gasteiger partial charge in [0, 0.05) is 6.04 Å². The van der Waals surface area contributed by atoms with Gasteiger partial charge < -0.3 is 5.32 Å². The maximum atomic E-state index is 3.76. The van der Waals surface area contributed by atoms with Crippen LogP contribution in [0.4, 0.5) is 0 Å². The van der Waals surface area contributed by atoms with E-state index in [-0.39, 0.29) is 0 Å². The molecule has 0 amide bonds. The first-order chi connectivity index (χ1) is 3.68. The summed E-state index contributed by atoms with van der Waals surface area (Å²) in [7, 11) is 0. The molecule has 0 aliphatic rings. The average molecular weight is 111 g/mol. The monoisotopic (exact) mass is 111 g/mol. The fraction of sp³-hybridized carbons (Fsp3) is 0.429. The highest BCUT2D eigenvalue weighted by molar-refractivity contribution is 5.00. The Morgan fingerprint density at radius 1 is 1.75 bits per heavy atom. The Labute approximate surface area is 51.1 Å². The van der Waals surface area contributed by atoms with Gasteiger partial charge in [-0.2, -0.15) is 0 Å². The molecule has 0 radical (unpaired) electrons. The van der Waals surface area contributed by atoms with E-state index < -0.39 is 0 Å². The van der Waals surface area contributed by atoms with Crippen LogP contribution in [-0.4, -0.2) is 6.04 Å². The van der Waals surface area contributed by atoms with Gasteiger partial charge in [-0.15, -0.1) is 0 Å². The Bertz CT molecular complexity index is 94.6. The molecule has 0 bridgehead atoms. The smallest absolute Gasteiger partial charge is 0.0434 e. The van der Waals surface area contributed by atoms with Gasteiger partial charge in [-0.05, 0) is 20.0 Å². The fourth-order valence-electron chi connectivity index (χ4n) is 0.319. The zero-order chi connectivity index (χ0) is 6.57. The molecule has 0 saturated carbocycles. The highest BCUT2D eigenvalue weighted by Crippen LogP contribution is 1.93. The summed E-state index contributed by atoms with van der Waals surface area (Å²) < 4.78 is 0. The van der Waals surface area contributed by atoms with Gasteiger partial charge in [0.2, 0.25) is 0 Å². The molecular weight excluding hydrogens is 98.1 g/mol. The Morgan fingerprint density at radius 3 is 2.38 bits per heavy atom. The van der Waals surface area contributed by atoms with E-state index >= 15 is 0 Å². The van der Waals surface area contributed by atoms with Crippen molar-refractivity contribution in [1.29, 1.82) is 0 Å². The van der Waals surface area contributed by atoms with Gasteiger partial charge in [-0.1, -0.05) is 18.7 Å². The van der Waals surface area contributed by atoms with Gasteiger partial charge in [0.1, 0.15) is 0 Å². The first-order valence-corrected chi connectivity index (χ1v) is 2.71. The molecule has 46 valence electrons. The second-order valence-electron chi connectivity index (χ2n) is 1.94. The molecule has 1 unspecified atom stereocenters. The van der Waals surface area contributed by atoms with Gasteiger partial charge >= 0.3 is 0 Å². The first kappa shape index (κ1) is 7.28. The Kier molecular flexibility index (Phi) is 3.01. The van der Waals surface area contributed by atoms with Crippen LogP contribution >= 0.6 is 0 Å². The number of hydrogen-bond donors (Lipinski definition) is 1. The molecule has 1 atom stereocenters. The number of nitrogens with one attached hydrogen (secondary N) is 1. The van der Waals surface area contributed by atoms with Crippen LogP contribution < -0.4 is 5.32 Å². The van der Waals surface area contributed by atoms with Crippen molar-refractivity contribution in [2.75, 3.05) is 0 Å². The van der Waals surface area contributed by atoms with E-state index in [0.29, 0.717) is 6.04 Å². The van der Waals surface area contributed by atoms with Crippen LogP contribution in [0.2, 0.25) is 0 Å². The molecule has 0 aromatic heterocycles. The lowest BCUT2D eigenvalue weighted by molar-refractivity contribution is 0.732. The van der Waals surface area contributed by atoms with Crippen LogP contribution in [0.3, 0.4) is 0 Å². The van der Waals surface area contributed by atoms with Crippen LogP contribution in [0, 0.1) is 0 Å². The summed E-state index contributed by atoms with van der Waals surface area (Å²) in [6.07, 6.45) is 1.68. The number of hydrogen-bond acceptors (Lipinski definition) is 1. The van der Waals surface area contributed by atoms with Crippen LogP contribution in [0.15, 0.2) is 24.9 Å². The standard InChI is InChI=1S/C7H13N/c1-5-8-7(4)6(2)3/h5,7-8H,1-2H2,3-4H3. The van der Waals surface area contributed by atoms with Crippen molar-refractivity contribution in [3.05, 3.63) is 24.9 Å². The third-order valence-electron chi connectivity index (χ3n) is 1.11. The highest BCUT2D eigenvalue weighted by Gasteiger charge is 1.94. The van der Waals surface area contributed by atoms with Crippen LogP contribution in [0.1, 0.15) is 13.8 Å². The molecule has 0 saturated heterocycles. The van der Waals surface area contributed by atoms with Crippen molar-refractivity contribution in [2.45, 2.75) is 19.9 Å². The minimum Gasteiger partial charge on any atom is -0.385 e. The second kappa shape index (κ2) is 3.30. The van der Waals surface area contributed by atoms with Crippen molar-refractivity contribution >= 4 is 0 Å². The van der Waals surface area contributed by atoms with Crippen molar-refractivity contribution in [3.63, 3.8) is 0 Å². The van der Waals surface area contributed by atoms with Crippen molar-refractivity contribution < 1.29 is 0 Å². The normalized spacial score (nSPS) is 12.2. The maximum absolute atomic E-state index is 3.76. The lowest BCUT2D eigenvalue weighted by atomic mass is 10.2. The lowest BCUT2D eigenvalue weighted by Gasteiger charge is -2.09. The zero-order valence-electron chi connectivity index (χ0n) is 5.57. The molecule has 1 heteroatoms. The zero-order valence-corrected chi connectivity index (χ0v) is 5.57. The van der Waals surface area contributed by atoms with Crippen molar-refractivity contribution in [3.8, 4) is 0 Å². The summed E-state index contributed by atoms with van der Waals surface area (Å²) in [5.41, 5.74) is 1.13. The highest BCUT2D eigenvalue weighted by atomic mass is 14.9. The minimum absolute atomic E-state index is 0.354. The topological polar surface area (TPSA) is 12.0 Å². The molecule has 0 heterocycles. The van der Waals surface area contributed by atoms with E-state index in [4.69, 9.17) is 0 Å². The fourth-order valence-corrected chi connectivity index (χ4v) is 0.319. The summed E-state index contributed by atoms with van der Waals surface area (Å²) in [6, 6.07) is 0.354. The summed E-state index contributed by atoms with van der Waals surface area (Å²) >= 11 is 0. The van der Waals surface area contributed by atoms with Gasteiger partial charge in [0.15, 0.2) is 0 Å². The third-order valence-corrected chi connectivity index (χ3v) is 1.11. The molecule has 0 aliphatic carbocycles. The van der Waals surface area contributed by atoms with Crippen molar-refractivity contribution in [2.24, 2.45) is 0 Å². The molecule has 8 heavy (non-hydrogen) atoms. The van der Waals surface area contributed by atoms with Gasteiger partial charge in [0.25, 0.3) is 0 Å². The van der Waals surface area contributed by atoms with E-state index in [9.17, 15) is 0 Å². The van der Waals surface area contributed by atoms with E-state index in [1.165, 1.54) is 0 Å². The predicted octanol–water partition coefficient (Wildman–Crippen LogP) is 1.68. The first-order valence-electron chi connectivity index (χ1n) is 2.71. The molecule has 1 N–H and O–H groups in total. The summed E-state index contributed by atoms with van der Waals surface area (Å²) in [6.45, 7) is 11.3. The summed E-state index contributed by atoms with van der Waals surface area (Å²) in [5.74, 6) is 0. The van der Waals surface area contributed by atoms with E-state index in [2.05, 4.69) is 18.5 Å². The maximum Gasteiger partial charge on any atom is 0.0434 e. The largest absolute Gasteiger partial charge is 0.385 e. The van der Waals surface area contributed by atoms with Crippen LogP contribution in [-0.2, 0) is 0 Å². The molecule has 0 spiro atoms. The Balaban J connectivity index is 3.46. The molecule has 0 fully saturated rings. The second-order valence-corrected chi connectivity index (χ2v) is 1.94. The van der Waals surface area contributed by atoms with Crippen LogP contribution in [0.5, 0.6) is 0 Å².